The highest BCUT2D eigenvalue weighted by molar-refractivity contribution is 7.44. The number of rotatable bonds is 24. The lowest BCUT2D eigenvalue weighted by atomic mass is 9.80. The molecule has 4 unspecified atom stereocenters. The molecule has 1 amide bonds. The summed E-state index contributed by atoms with van der Waals surface area (Å²) in [6.45, 7) is 8.15. The Hall–Kier alpha value is -5.08. The Morgan fingerprint density at radius 3 is 2.02 bits per heavy atom. The molecule has 0 radical (unpaired) electrons. The van der Waals surface area contributed by atoms with Gasteiger partial charge in [0.25, 0.3) is 14.1 Å². The molecule has 0 spiro atoms. The van der Waals surface area contributed by atoms with E-state index in [1.165, 1.54) is 16.8 Å². The van der Waals surface area contributed by atoms with E-state index in [0.29, 0.717) is 37.2 Å². The molecule has 1 saturated heterocycles. The van der Waals surface area contributed by atoms with Crippen LogP contribution >= 0.6 is 8.53 Å². The standard InChI is InChI=1S/C47H59F3N5O9P/c1-33(2)55(34(3)4)65(62-30-14-26-51)64-40-31-43(54-29-25-42(56)53(45(54)58)28-13-8-7-12-27-52-44(57)47(48,49)50)63-41(40)32-61-46(35-15-10-9-11-16-35,36-17-21-38(59-5)22-18-36)37-19-23-39(60-6)24-20-37/h9-11,15-25,29,33-34,40-41,43H,7-8,12-14,27-28,30-32H2,1-6H3,(H,52,57). The van der Waals surface area contributed by atoms with Gasteiger partial charge >= 0.3 is 17.8 Å². The number of nitrogens with one attached hydrogen (secondary N) is 1. The number of alkyl halides is 3. The molecule has 4 aromatic rings. The van der Waals surface area contributed by atoms with Gasteiger partial charge in [0.15, 0.2) is 0 Å². The summed E-state index contributed by atoms with van der Waals surface area (Å²) in [4.78, 5) is 38.3. The zero-order valence-electron chi connectivity index (χ0n) is 37.7. The van der Waals surface area contributed by atoms with Gasteiger partial charge in [0.1, 0.15) is 29.4 Å². The van der Waals surface area contributed by atoms with E-state index < -0.39 is 55.9 Å². The lowest BCUT2D eigenvalue weighted by Crippen LogP contribution is -2.41. The summed E-state index contributed by atoms with van der Waals surface area (Å²) >= 11 is 0. The summed E-state index contributed by atoms with van der Waals surface area (Å²) in [5, 5.41) is 11.2. The van der Waals surface area contributed by atoms with Crippen LogP contribution < -0.4 is 26.0 Å². The number of carbonyl (C=O) groups excluding carboxylic acids is 1. The molecule has 4 atom stereocenters. The van der Waals surface area contributed by atoms with Crippen LogP contribution in [0.5, 0.6) is 11.5 Å². The van der Waals surface area contributed by atoms with Crippen LogP contribution in [0.15, 0.2) is 101 Å². The number of amides is 1. The first-order chi connectivity index (χ1) is 31.1. The second-order valence-corrected chi connectivity index (χ2v) is 17.4. The molecule has 3 aromatic carbocycles. The summed E-state index contributed by atoms with van der Waals surface area (Å²) in [7, 11) is 1.43. The number of hydrogen-bond donors (Lipinski definition) is 1. The summed E-state index contributed by atoms with van der Waals surface area (Å²) in [6.07, 6.45) is -3.97. The minimum absolute atomic E-state index is 0.00305. The number of benzene rings is 3. The van der Waals surface area contributed by atoms with Gasteiger partial charge in [-0.2, -0.15) is 18.4 Å². The fourth-order valence-electron chi connectivity index (χ4n) is 7.83. The van der Waals surface area contributed by atoms with Crippen molar-refractivity contribution in [2.45, 2.75) is 115 Å². The molecule has 0 bridgehead atoms. The first-order valence-corrected chi connectivity index (χ1v) is 22.8. The van der Waals surface area contributed by atoms with Crippen LogP contribution in [0.2, 0.25) is 0 Å². The number of methoxy groups -OCH3 is 2. The van der Waals surface area contributed by atoms with Gasteiger partial charge in [-0.05, 0) is 81.5 Å². The summed E-state index contributed by atoms with van der Waals surface area (Å²) < 4.78 is 80.5. The molecular weight excluding hydrogens is 867 g/mol. The Bertz CT molecular complexity index is 2210. The van der Waals surface area contributed by atoms with Crippen molar-refractivity contribution in [1.29, 1.82) is 5.26 Å². The molecule has 1 aliphatic heterocycles. The van der Waals surface area contributed by atoms with Crippen molar-refractivity contribution >= 4 is 14.4 Å². The number of aromatic nitrogens is 2. The lowest BCUT2D eigenvalue weighted by molar-refractivity contribution is -0.173. The summed E-state index contributed by atoms with van der Waals surface area (Å²) in [5.41, 5.74) is 0.0848. The molecule has 65 heavy (non-hydrogen) atoms. The molecule has 2 heterocycles. The molecule has 5 rings (SSSR count). The van der Waals surface area contributed by atoms with E-state index in [9.17, 15) is 32.8 Å². The highest BCUT2D eigenvalue weighted by atomic mass is 31.2. The average Bonchev–Trinajstić information content (AvgIpc) is 3.69. The number of unbranched alkanes of at least 4 members (excludes halogenated alkanes) is 3. The van der Waals surface area contributed by atoms with Crippen molar-refractivity contribution in [3.63, 3.8) is 0 Å². The van der Waals surface area contributed by atoms with E-state index in [1.54, 1.807) is 14.2 Å². The molecular formula is C47H59F3N5O9P. The van der Waals surface area contributed by atoms with E-state index in [-0.39, 0.29) is 51.2 Å². The fraction of sp³-hybridized carbons (Fsp3) is 0.489. The maximum absolute atomic E-state index is 14.1. The number of nitriles is 1. The van der Waals surface area contributed by atoms with Crippen LogP contribution in [0.4, 0.5) is 13.2 Å². The van der Waals surface area contributed by atoms with E-state index in [0.717, 1.165) is 21.3 Å². The molecule has 0 saturated carbocycles. The Morgan fingerprint density at radius 1 is 0.877 bits per heavy atom. The van der Waals surface area contributed by atoms with Gasteiger partial charge in [0, 0.05) is 43.9 Å². The zero-order valence-corrected chi connectivity index (χ0v) is 38.6. The number of carbonyl (C=O) groups is 1. The number of ether oxygens (including phenoxy) is 4. The third-order valence-corrected chi connectivity index (χ3v) is 13.1. The van der Waals surface area contributed by atoms with Crippen LogP contribution in [-0.4, -0.2) is 84.2 Å². The Kier molecular flexibility index (Phi) is 18.7. The van der Waals surface area contributed by atoms with Crippen LogP contribution in [-0.2, 0) is 35.5 Å². The maximum Gasteiger partial charge on any atom is 0.471 e. The van der Waals surface area contributed by atoms with Gasteiger partial charge in [0.2, 0.25) is 0 Å². The number of halogens is 3. The molecule has 1 fully saturated rings. The van der Waals surface area contributed by atoms with E-state index >= 15 is 0 Å². The Labute approximate surface area is 379 Å². The van der Waals surface area contributed by atoms with E-state index in [1.807, 2.05) is 112 Å². The molecule has 18 heteroatoms. The second-order valence-electron chi connectivity index (χ2n) is 16.0. The molecule has 352 valence electrons. The Balaban J connectivity index is 1.50. The van der Waals surface area contributed by atoms with Crippen molar-refractivity contribution in [3.05, 3.63) is 129 Å². The lowest BCUT2D eigenvalue weighted by Gasteiger charge is -2.39. The molecule has 1 aromatic heterocycles. The highest BCUT2D eigenvalue weighted by Gasteiger charge is 2.45. The van der Waals surface area contributed by atoms with Crippen LogP contribution in [0, 0.1) is 11.3 Å². The van der Waals surface area contributed by atoms with Crippen molar-refractivity contribution in [2.75, 3.05) is 34.0 Å². The predicted octanol–water partition coefficient (Wildman–Crippen LogP) is 8.22. The Morgan fingerprint density at radius 2 is 1.46 bits per heavy atom. The fourth-order valence-corrected chi connectivity index (χ4v) is 9.59. The predicted molar refractivity (Wildman–Crippen MR) is 239 cm³/mol. The molecule has 0 aliphatic carbocycles. The van der Waals surface area contributed by atoms with Gasteiger partial charge in [-0.1, -0.05) is 67.4 Å². The van der Waals surface area contributed by atoms with Gasteiger partial charge in [-0.15, -0.1) is 0 Å². The van der Waals surface area contributed by atoms with Crippen molar-refractivity contribution in [1.82, 2.24) is 19.1 Å². The zero-order chi connectivity index (χ0) is 47.1. The third-order valence-electron chi connectivity index (χ3n) is 11.0. The van der Waals surface area contributed by atoms with E-state index in [4.69, 9.17) is 28.0 Å². The van der Waals surface area contributed by atoms with Gasteiger partial charge < -0.3 is 33.3 Å². The first kappa shape index (κ1) is 50.9. The number of hydrogen-bond acceptors (Lipinski definition) is 11. The second kappa shape index (κ2) is 23.9. The summed E-state index contributed by atoms with van der Waals surface area (Å²) in [5.74, 6) is -0.672. The van der Waals surface area contributed by atoms with Gasteiger partial charge in [-0.25, -0.2) is 9.46 Å². The maximum atomic E-state index is 14.1. The highest BCUT2D eigenvalue weighted by Crippen LogP contribution is 2.50. The van der Waals surface area contributed by atoms with Crippen LogP contribution in [0.25, 0.3) is 0 Å². The summed E-state index contributed by atoms with van der Waals surface area (Å²) in [6, 6.07) is 28.4. The quantitative estimate of drug-likeness (QED) is 0.0411. The van der Waals surface area contributed by atoms with Crippen molar-refractivity contribution in [3.8, 4) is 17.6 Å². The minimum Gasteiger partial charge on any atom is -0.497 e. The topological polar surface area (TPSA) is 156 Å². The van der Waals surface area contributed by atoms with Gasteiger partial charge in [-0.3, -0.25) is 18.7 Å². The smallest absolute Gasteiger partial charge is 0.471 e. The van der Waals surface area contributed by atoms with Crippen LogP contribution in [0.1, 0.15) is 89.1 Å². The monoisotopic (exact) mass is 925 g/mol. The molecule has 1 aliphatic rings. The molecule has 1 N–H and O–H groups in total. The molecule has 14 nitrogen and oxygen atoms in total. The normalized spacial score (nSPS) is 17.1. The largest absolute Gasteiger partial charge is 0.497 e. The SMILES string of the molecule is COc1ccc(C(OCC2OC(n3ccc(=O)n(CCCCCCNC(=O)C(F)(F)F)c3=O)CC2OP(OCCC#N)N(C(C)C)C(C)C)(c2ccccc2)c2ccc(OC)cc2)cc1. The van der Waals surface area contributed by atoms with Crippen molar-refractivity contribution in [2.24, 2.45) is 0 Å². The average molecular weight is 926 g/mol. The van der Waals surface area contributed by atoms with Crippen molar-refractivity contribution < 1.29 is 46.0 Å². The van der Waals surface area contributed by atoms with E-state index in [2.05, 4.69) is 10.7 Å². The number of nitrogens with zero attached hydrogens (tertiary/aromatic N) is 4. The van der Waals surface area contributed by atoms with Crippen LogP contribution in [0.3, 0.4) is 0 Å². The van der Waals surface area contributed by atoms with Gasteiger partial charge in [0.05, 0.1) is 46.0 Å². The minimum atomic E-state index is -4.95. The third kappa shape index (κ3) is 13.1. The first-order valence-electron chi connectivity index (χ1n) is 21.7.